The Balaban J connectivity index is 1.74. The van der Waals surface area contributed by atoms with Gasteiger partial charge in [0.2, 0.25) is 0 Å². The summed E-state index contributed by atoms with van der Waals surface area (Å²) in [4.78, 5) is 4.68. The van der Waals surface area contributed by atoms with Crippen molar-refractivity contribution in [2.45, 2.75) is 19.3 Å². The van der Waals surface area contributed by atoms with Gasteiger partial charge in [-0.3, -0.25) is 4.99 Å². The molecule has 5 rings (SSSR count). The van der Waals surface area contributed by atoms with Crippen LogP contribution in [0.5, 0.6) is 5.75 Å². The fraction of sp³-hybridized carbons (Fsp3) is 0.292. The van der Waals surface area contributed by atoms with E-state index in [4.69, 9.17) is 27.9 Å². The summed E-state index contributed by atoms with van der Waals surface area (Å²) in [5.74, 6) is 2.41. The van der Waals surface area contributed by atoms with E-state index in [1.807, 2.05) is 18.2 Å². The molecule has 148 valence electrons. The first-order valence-corrected chi connectivity index (χ1v) is 10.9. The lowest BCUT2D eigenvalue weighted by molar-refractivity contribution is 0.181. The molecule has 0 amide bonds. The van der Waals surface area contributed by atoms with Gasteiger partial charge in [-0.05, 0) is 53.3 Å². The van der Waals surface area contributed by atoms with Crippen molar-refractivity contribution in [1.82, 2.24) is 5.32 Å². The molecule has 0 bridgehead atoms. The normalized spacial score (nSPS) is 16.4. The first-order valence-electron chi connectivity index (χ1n) is 10.1. The van der Waals surface area contributed by atoms with E-state index in [0.29, 0.717) is 16.0 Å². The summed E-state index contributed by atoms with van der Waals surface area (Å²) in [5, 5.41) is 6.79. The van der Waals surface area contributed by atoms with Gasteiger partial charge in [-0.25, -0.2) is 0 Å². The number of rotatable bonds is 5. The topological polar surface area (TPSA) is 33.6 Å². The van der Waals surface area contributed by atoms with Gasteiger partial charge in [-0.2, -0.15) is 0 Å². The van der Waals surface area contributed by atoms with Crippen LogP contribution in [0.15, 0.2) is 53.5 Å². The van der Waals surface area contributed by atoms with Gasteiger partial charge >= 0.3 is 0 Å². The van der Waals surface area contributed by atoms with Crippen LogP contribution in [0.1, 0.15) is 24.8 Å². The summed E-state index contributed by atoms with van der Waals surface area (Å²) in [7, 11) is 0. The van der Waals surface area contributed by atoms with Crippen molar-refractivity contribution in [3.05, 3.63) is 64.1 Å². The average Bonchev–Trinajstić information content (AvgIpc) is 3.23. The number of nitrogens with zero attached hydrogens (tertiary/aromatic N) is 1. The van der Waals surface area contributed by atoms with Gasteiger partial charge in [-0.15, -0.1) is 0 Å². The van der Waals surface area contributed by atoms with Crippen molar-refractivity contribution in [3.63, 3.8) is 0 Å². The molecule has 1 aliphatic heterocycles. The monoisotopic (exact) mass is 424 g/mol. The first kappa shape index (κ1) is 18.8. The highest BCUT2D eigenvalue weighted by atomic mass is 35.5. The van der Waals surface area contributed by atoms with Gasteiger partial charge in [0, 0.05) is 12.1 Å². The van der Waals surface area contributed by atoms with Crippen LogP contribution in [0.25, 0.3) is 21.9 Å². The number of amidine groups is 1. The number of hydrogen-bond donors (Lipinski definition) is 1. The Morgan fingerprint density at radius 1 is 1.03 bits per heavy atom. The van der Waals surface area contributed by atoms with E-state index in [1.54, 1.807) is 0 Å². The maximum atomic E-state index is 6.52. The Bertz CT molecular complexity index is 1110. The van der Waals surface area contributed by atoms with Crippen LogP contribution >= 0.6 is 23.2 Å². The van der Waals surface area contributed by atoms with E-state index >= 15 is 0 Å². The van der Waals surface area contributed by atoms with Crippen LogP contribution < -0.4 is 10.1 Å². The summed E-state index contributed by atoms with van der Waals surface area (Å²) in [6, 6.07) is 16.4. The summed E-state index contributed by atoms with van der Waals surface area (Å²) in [5.41, 5.74) is 3.06. The molecule has 1 aliphatic carbocycles. The predicted molar refractivity (Wildman–Crippen MR) is 122 cm³/mol. The molecule has 0 spiro atoms. The standard InChI is InChI=1S/C24H22Cl2N2O/c25-20-9-8-17(13-21(20)26)22-18-7-2-1-6-16(18)12-19(24-27-10-11-28-24)23(22)29-14-15-4-3-5-15/h1-2,6-9,12-13,15H,3-5,10-11,14H2,(H,27,28). The zero-order chi connectivity index (χ0) is 19.8. The van der Waals surface area contributed by atoms with Gasteiger partial charge in [0.05, 0.1) is 28.8 Å². The largest absolute Gasteiger partial charge is 0.492 e. The first-order chi connectivity index (χ1) is 14.2. The van der Waals surface area contributed by atoms with Gasteiger partial charge < -0.3 is 10.1 Å². The lowest BCUT2D eigenvalue weighted by Crippen LogP contribution is -2.23. The minimum absolute atomic E-state index is 0.542. The molecule has 3 nitrogen and oxygen atoms in total. The Morgan fingerprint density at radius 2 is 1.90 bits per heavy atom. The summed E-state index contributed by atoms with van der Waals surface area (Å²) in [6.45, 7) is 2.37. The van der Waals surface area contributed by atoms with Crippen LogP contribution in [0.4, 0.5) is 0 Å². The minimum atomic E-state index is 0.542. The van der Waals surface area contributed by atoms with Crippen molar-refractivity contribution >= 4 is 39.8 Å². The minimum Gasteiger partial charge on any atom is -0.492 e. The molecule has 2 aliphatic rings. The second kappa shape index (κ2) is 7.89. The van der Waals surface area contributed by atoms with E-state index in [0.717, 1.165) is 58.7 Å². The van der Waals surface area contributed by atoms with Crippen molar-refractivity contribution < 1.29 is 4.74 Å². The molecule has 1 fully saturated rings. The molecule has 0 radical (unpaired) electrons. The third kappa shape index (κ3) is 3.58. The highest BCUT2D eigenvalue weighted by Gasteiger charge is 2.24. The summed E-state index contributed by atoms with van der Waals surface area (Å²) >= 11 is 12.6. The lowest BCUT2D eigenvalue weighted by Gasteiger charge is -2.27. The molecule has 0 saturated heterocycles. The maximum absolute atomic E-state index is 6.52. The molecule has 5 heteroatoms. The van der Waals surface area contributed by atoms with Crippen LogP contribution in [-0.4, -0.2) is 25.5 Å². The zero-order valence-electron chi connectivity index (χ0n) is 16.1. The van der Waals surface area contributed by atoms with E-state index in [1.165, 1.54) is 19.3 Å². The number of halogens is 2. The van der Waals surface area contributed by atoms with Crippen molar-refractivity contribution in [1.29, 1.82) is 0 Å². The third-order valence-corrected chi connectivity index (χ3v) is 6.57. The zero-order valence-corrected chi connectivity index (χ0v) is 17.6. The van der Waals surface area contributed by atoms with E-state index in [9.17, 15) is 0 Å². The number of aliphatic imine (C=N–C) groups is 1. The SMILES string of the molecule is Clc1ccc(-c2c(OCC3CCC3)c(C3=NCCN3)cc3ccccc23)cc1Cl. The molecular weight excluding hydrogens is 403 g/mol. The molecule has 1 saturated carbocycles. The maximum Gasteiger partial charge on any atom is 0.138 e. The Hall–Kier alpha value is -2.23. The fourth-order valence-corrected chi connectivity index (χ4v) is 4.33. The molecule has 1 heterocycles. The van der Waals surface area contributed by atoms with Crippen LogP contribution in [0.3, 0.4) is 0 Å². The van der Waals surface area contributed by atoms with E-state index in [-0.39, 0.29) is 0 Å². The van der Waals surface area contributed by atoms with Gasteiger partial charge in [0.25, 0.3) is 0 Å². The smallest absolute Gasteiger partial charge is 0.138 e. The molecule has 3 aromatic rings. The fourth-order valence-electron chi connectivity index (χ4n) is 4.03. The van der Waals surface area contributed by atoms with Gasteiger partial charge in [0.1, 0.15) is 11.6 Å². The summed E-state index contributed by atoms with van der Waals surface area (Å²) < 4.78 is 6.52. The van der Waals surface area contributed by atoms with Gasteiger partial charge in [-0.1, -0.05) is 60.0 Å². The Kier molecular flexibility index (Phi) is 5.11. The summed E-state index contributed by atoms with van der Waals surface area (Å²) in [6.07, 6.45) is 3.78. The number of benzene rings is 3. The molecule has 0 aromatic heterocycles. The highest BCUT2D eigenvalue weighted by Crippen LogP contribution is 2.42. The number of nitrogens with one attached hydrogen (secondary N) is 1. The molecule has 0 unspecified atom stereocenters. The second-order valence-corrected chi connectivity index (χ2v) is 8.56. The lowest BCUT2D eigenvalue weighted by atomic mass is 9.86. The molecule has 3 aromatic carbocycles. The van der Waals surface area contributed by atoms with E-state index in [2.05, 4.69) is 40.6 Å². The van der Waals surface area contributed by atoms with E-state index < -0.39 is 0 Å². The molecular formula is C24H22Cl2N2O. The third-order valence-electron chi connectivity index (χ3n) is 5.83. The number of hydrogen-bond acceptors (Lipinski definition) is 3. The number of ether oxygens (including phenoxy) is 1. The number of fused-ring (bicyclic) bond motifs is 1. The quantitative estimate of drug-likeness (QED) is 0.517. The van der Waals surface area contributed by atoms with Gasteiger partial charge in [0.15, 0.2) is 0 Å². The average molecular weight is 425 g/mol. The van der Waals surface area contributed by atoms with Crippen molar-refractivity contribution in [2.24, 2.45) is 10.9 Å². The molecule has 0 atom stereocenters. The van der Waals surface area contributed by atoms with Crippen molar-refractivity contribution in [2.75, 3.05) is 19.7 Å². The molecule has 29 heavy (non-hydrogen) atoms. The predicted octanol–water partition coefficient (Wildman–Crippen LogP) is 6.34. The van der Waals surface area contributed by atoms with Crippen molar-refractivity contribution in [3.8, 4) is 16.9 Å². The highest BCUT2D eigenvalue weighted by molar-refractivity contribution is 6.42. The Morgan fingerprint density at radius 3 is 2.62 bits per heavy atom. The van der Waals surface area contributed by atoms with Crippen LogP contribution in [0, 0.1) is 5.92 Å². The van der Waals surface area contributed by atoms with Crippen LogP contribution in [0.2, 0.25) is 10.0 Å². The molecule has 1 N–H and O–H groups in total. The van der Waals surface area contributed by atoms with Crippen LogP contribution in [-0.2, 0) is 0 Å². The second-order valence-electron chi connectivity index (χ2n) is 7.74. The Labute approximate surface area is 180 Å².